The third-order valence-electron chi connectivity index (χ3n) is 9.73. The second-order valence-electron chi connectivity index (χ2n) is 12.6. The summed E-state index contributed by atoms with van der Waals surface area (Å²) < 4.78 is 14.3. The van der Waals surface area contributed by atoms with Crippen molar-refractivity contribution in [3.05, 3.63) is 39.4 Å². The largest absolute Gasteiger partial charge is 0.489 e. The molecule has 246 valence electrons. The van der Waals surface area contributed by atoms with Crippen molar-refractivity contribution in [2.45, 2.75) is 63.6 Å². The first-order valence-corrected chi connectivity index (χ1v) is 17.4. The van der Waals surface area contributed by atoms with E-state index in [1.54, 1.807) is 17.9 Å². The van der Waals surface area contributed by atoms with Gasteiger partial charge in [-0.1, -0.05) is 17.7 Å². The molecule has 3 fully saturated rings. The smallest absolute Gasteiger partial charge is 0.265 e. The van der Waals surface area contributed by atoms with Crippen molar-refractivity contribution >= 4 is 57.3 Å². The zero-order valence-corrected chi connectivity index (χ0v) is 27.7. The molecule has 3 aromatic heterocycles. The van der Waals surface area contributed by atoms with Gasteiger partial charge in [-0.25, -0.2) is 9.50 Å². The summed E-state index contributed by atoms with van der Waals surface area (Å²) in [6, 6.07) is 4.36. The number of amides is 2. The van der Waals surface area contributed by atoms with E-state index in [0.29, 0.717) is 46.5 Å². The number of ether oxygens (including phenoxy) is 2. The van der Waals surface area contributed by atoms with E-state index >= 15 is 0 Å². The lowest BCUT2D eigenvalue weighted by Gasteiger charge is -2.38. The monoisotopic (exact) mass is 668 g/mol. The fourth-order valence-electron chi connectivity index (χ4n) is 7.31. The van der Waals surface area contributed by atoms with Crippen LogP contribution in [0, 0.1) is 0 Å². The minimum Gasteiger partial charge on any atom is -0.489 e. The number of carbonyl (C=O) groups excluding carboxylic acids is 2. The standard InChI is InChI=1S/C32H41ClN8O4S/c1-20(42)39-10-8-21(17-39)25-15-26(29-31(34)35-19-36-41(25)29)40-9-2-3-22(18-40)37-32(43)30-27(16-28(33)46-30)45-24-6-4-23(5-7-24)38-11-13-44-14-12-38/h8,15-16,19,22-24H,2-7,9-14,17-18H2,1H3,(H,37,43)(H2,34,35,36)/t22-,23?,24?/m1/s1. The Balaban J connectivity index is 1.02. The second-order valence-corrected chi connectivity index (χ2v) is 14.3. The zero-order valence-electron chi connectivity index (χ0n) is 26.1. The highest BCUT2D eigenvalue weighted by Crippen LogP contribution is 2.37. The molecule has 2 saturated heterocycles. The number of fused-ring (bicyclic) bond motifs is 1. The molecule has 0 radical (unpaired) electrons. The number of hydrogen-bond donors (Lipinski definition) is 2. The molecule has 2 amide bonds. The predicted octanol–water partition coefficient (Wildman–Crippen LogP) is 3.69. The molecule has 1 aliphatic carbocycles. The molecule has 1 atom stereocenters. The Morgan fingerprint density at radius 2 is 1.93 bits per heavy atom. The van der Waals surface area contributed by atoms with Gasteiger partial charge in [0.15, 0.2) is 5.82 Å². The van der Waals surface area contributed by atoms with Gasteiger partial charge in [-0.05, 0) is 50.2 Å². The first-order chi connectivity index (χ1) is 22.3. The van der Waals surface area contributed by atoms with Gasteiger partial charge in [0.05, 0.1) is 35.0 Å². The molecule has 3 N–H and O–H groups in total. The number of morpholine rings is 1. The Bertz CT molecular complexity index is 1630. The number of nitrogen functional groups attached to an aromatic ring is 1. The maximum atomic E-state index is 13.7. The van der Waals surface area contributed by atoms with E-state index < -0.39 is 0 Å². The van der Waals surface area contributed by atoms with Gasteiger partial charge in [0, 0.05) is 64.3 Å². The summed E-state index contributed by atoms with van der Waals surface area (Å²) in [4.78, 5) is 37.0. The van der Waals surface area contributed by atoms with Crippen LogP contribution in [0.1, 0.15) is 60.8 Å². The van der Waals surface area contributed by atoms with E-state index in [2.05, 4.69) is 37.3 Å². The number of aromatic nitrogens is 3. The van der Waals surface area contributed by atoms with Gasteiger partial charge >= 0.3 is 0 Å². The van der Waals surface area contributed by atoms with Crippen LogP contribution in [0.3, 0.4) is 0 Å². The first kappa shape index (κ1) is 31.2. The number of halogens is 1. The van der Waals surface area contributed by atoms with Crippen LogP contribution >= 0.6 is 22.9 Å². The summed E-state index contributed by atoms with van der Waals surface area (Å²) in [5.41, 5.74) is 9.97. The maximum Gasteiger partial charge on any atom is 0.265 e. The summed E-state index contributed by atoms with van der Waals surface area (Å²) in [6.45, 7) is 7.72. The zero-order chi connectivity index (χ0) is 31.8. The van der Waals surface area contributed by atoms with E-state index in [-0.39, 0.29) is 24.0 Å². The van der Waals surface area contributed by atoms with Crippen LogP contribution in [-0.2, 0) is 9.53 Å². The molecule has 4 aliphatic rings. The molecular weight excluding hydrogens is 628 g/mol. The number of nitrogens with two attached hydrogens (primary N) is 1. The molecular formula is C32H41ClN8O4S. The van der Waals surface area contributed by atoms with E-state index in [1.165, 1.54) is 17.7 Å². The molecule has 1 saturated carbocycles. The number of anilines is 2. The third kappa shape index (κ3) is 6.42. The molecule has 0 aromatic carbocycles. The Hall–Kier alpha value is -3.39. The van der Waals surface area contributed by atoms with Crippen LogP contribution in [0.4, 0.5) is 11.5 Å². The lowest BCUT2D eigenvalue weighted by molar-refractivity contribution is -0.127. The summed E-state index contributed by atoms with van der Waals surface area (Å²) in [7, 11) is 0. The molecule has 0 bridgehead atoms. The number of thiophene rings is 1. The van der Waals surface area contributed by atoms with Crippen molar-refractivity contribution < 1.29 is 19.1 Å². The highest BCUT2D eigenvalue weighted by Gasteiger charge is 2.31. The number of carbonyl (C=O) groups is 2. The molecule has 6 heterocycles. The molecule has 0 spiro atoms. The number of nitrogens with zero attached hydrogens (tertiary/aromatic N) is 6. The number of nitrogens with one attached hydrogen (secondary N) is 1. The van der Waals surface area contributed by atoms with Crippen LogP contribution in [0.15, 0.2) is 24.5 Å². The summed E-state index contributed by atoms with van der Waals surface area (Å²) in [5, 5.41) is 7.79. The second kappa shape index (κ2) is 13.4. The first-order valence-electron chi connectivity index (χ1n) is 16.2. The Labute approximate surface area is 277 Å². The van der Waals surface area contributed by atoms with Crippen LogP contribution in [0.25, 0.3) is 11.1 Å². The summed E-state index contributed by atoms with van der Waals surface area (Å²) in [6.07, 6.45) is 9.42. The van der Waals surface area contributed by atoms with E-state index in [9.17, 15) is 9.59 Å². The van der Waals surface area contributed by atoms with Gasteiger partial charge < -0.3 is 30.3 Å². The van der Waals surface area contributed by atoms with E-state index in [1.807, 2.05) is 4.52 Å². The highest BCUT2D eigenvalue weighted by molar-refractivity contribution is 7.18. The minimum absolute atomic E-state index is 0.0350. The highest BCUT2D eigenvalue weighted by atomic mass is 35.5. The van der Waals surface area contributed by atoms with Crippen molar-refractivity contribution in [3.8, 4) is 5.75 Å². The van der Waals surface area contributed by atoms with Crippen LogP contribution in [-0.4, -0.2) is 107 Å². The molecule has 0 unspecified atom stereocenters. The van der Waals surface area contributed by atoms with Crippen LogP contribution < -0.4 is 20.7 Å². The van der Waals surface area contributed by atoms with E-state index in [4.69, 9.17) is 26.8 Å². The van der Waals surface area contributed by atoms with Crippen molar-refractivity contribution in [1.82, 2.24) is 29.7 Å². The van der Waals surface area contributed by atoms with Gasteiger partial charge in [0.2, 0.25) is 5.91 Å². The SMILES string of the molecule is CC(=O)N1CC=C(c2cc(N3CCC[C@@H](NC(=O)c4sc(Cl)cc4OC4CCC(N5CCOCC5)CC4)C3)c3c(N)ncnn23)C1. The van der Waals surface area contributed by atoms with Crippen molar-refractivity contribution in [1.29, 1.82) is 0 Å². The lowest BCUT2D eigenvalue weighted by atomic mass is 9.91. The van der Waals surface area contributed by atoms with Crippen LogP contribution in [0.2, 0.25) is 4.34 Å². The normalized spacial score (nSPS) is 24.3. The average molecular weight is 669 g/mol. The maximum absolute atomic E-state index is 13.7. The third-order valence-corrected chi connectivity index (χ3v) is 11.0. The van der Waals surface area contributed by atoms with Gasteiger partial charge in [0.25, 0.3) is 5.91 Å². The molecule has 46 heavy (non-hydrogen) atoms. The Kier molecular flexibility index (Phi) is 9.08. The van der Waals surface area contributed by atoms with Gasteiger partial charge in [-0.15, -0.1) is 11.3 Å². The summed E-state index contributed by atoms with van der Waals surface area (Å²) in [5.74, 6) is 0.838. The Morgan fingerprint density at radius 1 is 1.13 bits per heavy atom. The molecule has 7 rings (SSSR count). The van der Waals surface area contributed by atoms with E-state index in [0.717, 1.165) is 93.8 Å². The molecule has 12 nitrogen and oxygen atoms in total. The van der Waals surface area contributed by atoms with Gasteiger partial charge in [0.1, 0.15) is 22.5 Å². The topological polar surface area (TPSA) is 131 Å². The van der Waals surface area contributed by atoms with Crippen molar-refractivity contribution in [2.24, 2.45) is 0 Å². The lowest BCUT2D eigenvalue weighted by Crippen LogP contribution is -2.47. The van der Waals surface area contributed by atoms with Gasteiger partial charge in [-0.3, -0.25) is 14.5 Å². The predicted molar refractivity (Wildman–Crippen MR) is 179 cm³/mol. The average Bonchev–Trinajstić information content (AvgIpc) is 3.80. The van der Waals surface area contributed by atoms with Crippen molar-refractivity contribution in [3.63, 3.8) is 0 Å². The van der Waals surface area contributed by atoms with Crippen molar-refractivity contribution in [2.75, 3.05) is 63.1 Å². The minimum atomic E-state index is -0.161. The number of hydrogen-bond acceptors (Lipinski definition) is 10. The summed E-state index contributed by atoms with van der Waals surface area (Å²) >= 11 is 7.70. The fraction of sp³-hybridized carbons (Fsp3) is 0.562. The quantitative estimate of drug-likeness (QED) is 0.387. The number of piperidine rings is 1. The molecule has 3 aromatic rings. The fourth-order valence-corrected chi connectivity index (χ4v) is 8.36. The number of rotatable bonds is 7. The Morgan fingerprint density at radius 3 is 2.70 bits per heavy atom. The molecule has 14 heteroatoms. The van der Waals surface area contributed by atoms with Crippen LogP contribution in [0.5, 0.6) is 5.75 Å². The van der Waals surface area contributed by atoms with Gasteiger partial charge in [-0.2, -0.15) is 5.10 Å². The molecule has 3 aliphatic heterocycles.